The van der Waals surface area contributed by atoms with Crippen molar-refractivity contribution < 1.29 is 0 Å². The SMILES string of the molecule is C=CCN(C(C)C)[C@@H](C)C(C)C. The molecule has 0 aliphatic heterocycles. The predicted molar refractivity (Wildman–Crippen MR) is 56.3 cm³/mol. The predicted octanol–water partition coefficient (Wildman–Crippen LogP) is 2.93. The van der Waals surface area contributed by atoms with Crippen molar-refractivity contribution >= 4 is 0 Å². The summed E-state index contributed by atoms with van der Waals surface area (Å²) in [6.45, 7) is 16.1. The highest BCUT2D eigenvalue weighted by Gasteiger charge is 2.17. The molecular formula is C11H23N. The van der Waals surface area contributed by atoms with Crippen LogP contribution < -0.4 is 0 Å². The van der Waals surface area contributed by atoms with Crippen LogP contribution in [0, 0.1) is 5.92 Å². The van der Waals surface area contributed by atoms with E-state index < -0.39 is 0 Å². The summed E-state index contributed by atoms with van der Waals surface area (Å²) in [5.41, 5.74) is 0. The molecule has 1 heteroatoms. The minimum atomic E-state index is 0.611. The Morgan fingerprint density at radius 1 is 1.17 bits per heavy atom. The van der Waals surface area contributed by atoms with Gasteiger partial charge in [-0.15, -0.1) is 6.58 Å². The standard InChI is InChI=1S/C11H23N/c1-7-8-12(10(4)5)11(6)9(2)3/h7,9-11H,1,8H2,2-6H3/t11-/m0/s1. The van der Waals surface area contributed by atoms with Gasteiger partial charge in [-0.3, -0.25) is 4.90 Å². The fourth-order valence-corrected chi connectivity index (χ4v) is 1.38. The number of hydrogen-bond donors (Lipinski definition) is 0. The first-order valence-corrected chi connectivity index (χ1v) is 4.87. The Labute approximate surface area is 77.5 Å². The molecule has 12 heavy (non-hydrogen) atoms. The molecule has 1 nitrogen and oxygen atoms in total. The van der Waals surface area contributed by atoms with Crippen molar-refractivity contribution in [3.05, 3.63) is 12.7 Å². The molecule has 0 N–H and O–H groups in total. The molecule has 0 aromatic heterocycles. The molecule has 0 saturated heterocycles. The first kappa shape index (κ1) is 11.7. The smallest absolute Gasteiger partial charge is 0.0166 e. The Kier molecular flexibility index (Phi) is 5.23. The van der Waals surface area contributed by atoms with Crippen LogP contribution in [-0.4, -0.2) is 23.5 Å². The van der Waals surface area contributed by atoms with Crippen LogP contribution in [0.25, 0.3) is 0 Å². The van der Waals surface area contributed by atoms with Crippen molar-refractivity contribution in [3.8, 4) is 0 Å². The van der Waals surface area contributed by atoms with Gasteiger partial charge < -0.3 is 0 Å². The number of rotatable bonds is 5. The largest absolute Gasteiger partial charge is 0.294 e. The maximum Gasteiger partial charge on any atom is 0.0166 e. The molecule has 0 aliphatic rings. The molecule has 0 spiro atoms. The Bertz CT molecular complexity index is 127. The van der Waals surface area contributed by atoms with E-state index in [2.05, 4.69) is 46.1 Å². The van der Waals surface area contributed by atoms with Gasteiger partial charge in [0, 0.05) is 18.6 Å². The zero-order chi connectivity index (χ0) is 9.72. The third-order valence-corrected chi connectivity index (χ3v) is 2.49. The normalized spacial score (nSPS) is 14.3. The quantitative estimate of drug-likeness (QED) is 0.572. The monoisotopic (exact) mass is 169 g/mol. The lowest BCUT2D eigenvalue weighted by molar-refractivity contribution is 0.147. The van der Waals surface area contributed by atoms with Crippen molar-refractivity contribution in [1.82, 2.24) is 4.90 Å². The molecule has 0 radical (unpaired) electrons. The first-order chi connectivity index (χ1) is 5.50. The molecule has 72 valence electrons. The average molecular weight is 169 g/mol. The second-order valence-corrected chi connectivity index (χ2v) is 4.06. The number of nitrogens with zero attached hydrogens (tertiary/aromatic N) is 1. The molecule has 0 aliphatic carbocycles. The van der Waals surface area contributed by atoms with Crippen LogP contribution in [0.1, 0.15) is 34.6 Å². The van der Waals surface area contributed by atoms with Gasteiger partial charge in [0.25, 0.3) is 0 Å². The lowest BCUT2D eigenvalue weighted by atomic mass is 10.0. The highest BCUT2D eigenvalue weighted by atomic mass is 15.2. The van der Waals surface area contributed by atoms with Crippen LogP contribution >= 0.6 is 0 Å². The lowest BCUT2D eigenvalue weighted by Gasteiger charge is -2.34. The maximum atomic E-state index is 3.78. The van der Waals surface area contributed by atoms with Gasteiger partial charge in [0.05, 0.1) is 0 Å². The minimum Gasteiger partial charge on any atom is -0.294 e. The summed E-state index contributed by atoms with van der Waals surface area (Å²) in [6.07, 6.45) is 1.98. The van der Waals surface area contributed by atoms with E-state index in [-0.39, 0.29) is 0 Å². The van der Waals surface area contributed by atoms with E-state index in [1.54, 1.807) is 0 Å². The van der Waals surface area contributed by atoms with Gasteiger partial charge in [0.2, 0.25) is 0 Å². The minimum absolute atomic E-state index is 0.611. The molecule has 0 rings (SSSR count). The molecule has 0 fully saturated rings. The molecule has 0 unspecified atom stereocenters. The zero-order valence-electron chi connectivity index (χ0n) is 9.17. The zero-order valence-corrected chi connectivity index (χ0v) is 9.17. The van der Waals surface area contributed by atoms with E-state index in [9.17, 15) is 0 Å². The third kappa shape index (κ3) is 3.40. The molecular weight excluding hydrogens is 146 g/mol. The van der Waals surface area contributed by atoms with Gasteiger partial charge in [-0.25, -0.2) is 0 Å². The fraction of sp³-hybridized carbons (Fsp3) is 0.818. The second kappa shape index (κ2) is 5.36. The van der Waals surface area contributed by atoms with Crippen molar-refractivity contribution in [2.45, 2.75) is 46.7 Å². The molecule has 0 aromatic rings. The van der Waals surface area contributed by atoms with Crippen LogP contribution in [0.5, 0.6) is 0 Å². The van der Waals surface area contributed by atoms with E-state index in [4.69, 9.17) is 0 Å². The summed E-state index contributed by atoms with van der Waals surface area (Å²) < 4.78 is 0. The van der Waals surface area contributed by atoms with Gasteiger partial charge in [-0.05, 0) is 26.7 Å². The van der Waals surface area contributed by atoms with Crippen LogP contribution in [0.4, 0.5) is 0 Å². The Morgan fingerprint density at radius 3 is 1.92 bits per heavy atom. The van der Waals surface area contributed by atoms with Crippen LogP contribution in [0.15, 0.2) is 12.7 Å². The first-order valence-electron chi connectivity index (χ1n) is 4.87. The van der Waals surface area contributed by atoms with E-state index in [0.717, 1.165) is 6.54 Å². The molecule has 0 saturated carbocycles. The summed E-state index contributed by atoms with van der Waals surface area (Å²) in [7, 11) is 0. The molecule has 0 amide bonds. The fourth-order valence-electron chi connectivity index (χ4n) is 1.38. The van der Waals surface area contributed by atoms with E-state index in [1.165, 1.54) is 0 Å². The summed E-state index contributed by atoms with van der Waals surface area (Å²) in [6, 6.07) is 1.25. The van der Waals surface area contributed by atoms with E-state index in [1.807, 2.05) is 6.08 Å². The van der Waals surface area contributed by atoms with Gasteiger partial charge in [-0.1, -0.05) is 19.9 Å². The summed E-state index contributed by atoms with van der Waals surface area (Å²) in [5.74, 6) is 0.715. The van der Waals surface area contributed by atoms with E-state index >= 15 is 0 Å². The average Bonchev–Trinajstić information content (AvgIpc) is 1.98. The van der Waals surface area contributed by atoms with E-state index in [0.29, 0.717) is 18.0 Å². The lowest BCUT2D eigenvalue weighted by Crippen LogP contribution is -2.41. The van der Waals surface area contributed by atoms with Crippen molar-refractivity contribution in [3.63, 3.8) is 0 Å². The van der Waals surface area contributed by atoms with Crippen molar-refractivity contribution in [2.24, 2.45) is 5.92 Å². The highest BCUT2D eigenvalue weighted by molar-refractivity contribution is 4.80. The van der Waals surface area contributed by atoms with Gasteiger partial charge in [0.15, 0.2) is 0 Å². The molecule has 0 aromatic carbocycles. The summed E-state index contributed by atoms with van der Waals surface area (Å²) >= 11 is 0. The Hall–Kier alpha value is -0.300. The Morgan fingerprint density at radius 2 is 1.67 bits per heavy atom. The summed E-state index contributed by atoms with van der Waals surface area (Å²) in [5, 5.41) is 0. The van der Waals surface area contributed by atoms with Crippen LogP contribution in [-0.2, 0) is 0 Å². The maximum absolute atomic E-state index is 3.78. The second-order valence-electron chi connectivity index (χ2n) is 4.06. The third-order valence-electron chi connectivity index (χ3n) is 2.49. The topological polar surface area (TPSA) is 3.24 Å². The van der Waals surface area contributed by atoms with Crippen molar-refractivity contribution in [2.75, 3.05) is 6.54 Å². The van der Waals surface area contributed by atoms with Gasteiger partial charge in [-0.2, -0.15) is 0 Å². The highest BCUT2D eigenvalue weighted by Crippen LogP contribution is 2.12. The molecule has 0 heterocycles. The number of hydrogen-bond acceptors (Lipinski definition) is 1. The molecule has 0 bridgehead atoms. The van der Waals surface area contributed by atoms with Crippen molar-refractivity contribution in [1.29, 1.82) is 0 Å². The van der Waals surface area contributed by atoms with Crippen LogP contribution in [0.3, 0.4) is 0 Å². The van der Waals surface area contributed by atoms with Crippen LogP contribution in [0.2, 0.25) is 0 Å². The van der Waals surface area contributed by atoms with Gasteiger partial charge in [0.1, 0.15) is 0 Å². The molecule has 1 atom stereocenters. The summed E-state index contributed by atoms with van der Waals surface area (Å²) in [4.78, 5) is 2.47. The van der Waals surface area contributed by atoms with Gasteiger partial charge >= 0.3 is 0 Å². The Balaban J connectivity index is 4.18.